The number of benzene rings is 3. The maximum Gasteiger partial charge on any atom is 0.108 e. The summed E-state index contributed by atoms with van der Waals surface area (Å²) in [5.74, 6) is 0.984. The van der Waals surface area contributed by atoms with E-state index in [0.717, 1.165) is 11.6 Å². The van der Waals surface area contributed by atoms with Crippen molar-refractivity contribution in [1.29, 1.82) is 0 Å². The summed E-state index contributed by atoms with van der Waals surface area (Å²) in [4.78, 5) is 2.61. The van der Waals surface area contributed by atoms with Gasteiger partial charge in [-0.2, -0.15) is 0 Å². The molecule has 2 bridgehead atoms. The molecule has 2 nitrogen and oxygen atoms in total. The molecule has 2 aliphatic rings. The Bertz CT molecular complexity index is 940. The molecule has 0 N–H and O–H groups in total. The average Bonchev–Trinajstić information content (AvgIpc) is 3.05. The van der Waals surface area contributed by atoms with Gasteiger partial charge in [0.25, 0.3) is 0 Å². The summed E-state index contributed by atoms with van der Waals surface area (Å²) in [5, 5.41) is 0.806. The predicted molar refractivity (Wildman–Crippen MR) is 135 cm³/mol. The third-order valence-corrected chi connectivity index (χ3v) is 7.64. The number of fused-ring (bicyclic) bond motifs is 2. The van der Waals surface area contributed by atoms with Gasteiger partial charge in [-0.3, -0.25) is 0 Å². The van der Waals surface area contributed by atoms with Crippen LogP contribution in [0.2, 0.25) is 5.02 Å². The molecule has 3 unspecified atom stereocenters. The number of piperidine rings is 1. The van der Waals surface area contributed by atoms with Gasteiger partial charge in [0.1, 0.15) is 6.10 Å². The first-order valence-corrected chi connectivity index (χ1v) is 11.8. The van der Waals surface area contributed by atoms with Crippen molar-refractivity contribution in [3.8, 4) is 0 Å². The van der Waals surface area contributed by atoms with Gasteiger partial charge in [0.15, 0.2) is 0 Å². The highest BCUT2D eigenvalue weighted by molar-refractivity contribution is 6.30. The summed E-state index contributed by atoms with van der Waals surface area (Å²) < 4.78 is 6.78. The molecule has 3 aromatic rings. The van der Waals surface area contributed by atoms with Gasteiger partial charge in [-0.15, -0.1) is 12.4 Å². The molecular formula is C28H31Cl2NO. The van der Waals surface area contributed by atoms with E-state index in [4.69, 9.17) is 16.3 Å². The van der Waals surface area contributed by atoms with E-state index in [-0.39, 0.29) is 18.5 Å². The summed E-state index contributed by atoms with van der Waals surface area (Å²) in [6.45, 7) is 0.753. The van der Waals surface area contributed by atoms with Crippen molar-refractivity contribution in [2.24, 2.45) is 5.92 Å². The highest BCUT2D eigenvalue weighted by Gasteiger charge is 2.46. The van der Waals surface area contributed by atoms with E-state index in [9.17, 15) is 0 Å². The number of hydrogen-bond acceptors (Lipinski definition) is 2. The molecule has 0 amide bonds. The monoisotopic (exact) mass is 467 g/mol. The van der Waals surface area contributed by atoms with Crippen molar-refractivity contribution in [3.63, 3.8) is 0 Å². The normalized spacial score (nSPS) is 25.0. The van der Waals surface area contributed by atoms with Crippen molar-refractivity contribution in [2.45, 2.75) is 43.4 Å². The van der Waals surface area contributed by atoms with Crippen LogP contribution < -0.4 is 0 Å². The van der Waals surface area contributed by atoms with Crippen molar-refractivity contribution in [3.05, 3.63) is 107 Å². The first kappa shape index (κ1) is 23.3. The zero-order valence-corrected chi connectivity index (χ0v) is 20.0. The van der Waals surface area contributed by atoms with Crippen molar-refractivity contribution >= 4 is 24.0 Å². The Morgan fingerprint density at radius 3 is 2.06 bits per heavy atom. The van der Waals surface area contributed by atoms with Gasteiger partial charge >= 0.3 is 0 Å². The van der Waals surface area contributed by atoms with Crippen LogP contribution in [-0.2, 0) is 4.74 Å². The summed E-state index contributed by atoms with van der Waals surface area (Å²) in [6.07, 6.45) is 3.71. The molecule has 2 fully saturated rings. The van der Waals surface area contributed by atoms with Crippen LogP contribution in [-0.4, -0.2) is 30.6 Å². The summed E-state index contributed by atoms with van der Waals surface area (Å²) >= 11 is 6.19. The molecule has 2 heterocycles. The van der Waals surface area contributed by atoms with Crippen LogP contribution in [0.3, 0.4) is 0 Å². The van der Waals surface area contributed by atoms with Crippen LogP contribution in [0.4, 0.5) is 0 Å². The van der Waals surface area contributed by atoms with Crippen LogP contribution in [0.1, 0.15) is 48.0 Å². The Labute approximate surface area is 203 Å². The standard InChI is InChI=1S/C28H30ClNO.ClH/c1-30-24-16-17-27(30)26(25(18-24)20-12-14-23(29)15-13-20)19-31-28(21-8-4-2-5-9-21)22-10-6-3-7-11-22;/h2-15,24-28H,16-19H2,1H3;1H/t24?,25?,26-,27?;/m0./s1. The van der Waals surface area contributed by atoms with Crippen LogP contribution in [0.25, 0.3) is 0 Å². The summed E-state index contributed by atoms with van der Waals surface area (Å²) in [5.41, 5.74) is 3.83. The fraction of sp³-hybridized carbons (Fsp3) is 0.357. The molecule has 32 heavy (non-hydrogen) atoms. The molecule has 0 aromatic heterocycles. The summed E-state index contributed by atoms with van der Waals surface area (Å²) in [6, 6.07) is 31.0. The quantitative estimate of drug-likeness (QED) is 0.381. The lowest BCUT2D eigenvalue weighted by molar-refractivity contribution is -0.00335. The van der Waals surface area contributed by atoms with Gasteiger partial charge < -0.3 is 9.64 Å². The molecule has 4 heteroatoms. The van der Waals surface area contributed by atoms with Crippen molar-refractivity contribution < 1.29 is 4.74 Å². The van der Waals surface area contributed by atoms with Crippen molar-refractivity contribution in [1.82, 2.24) is 4.90 Å². The van der Waals surface area contributed by atoms with E-state index in [1.165, 1.54) is 36.0 Å². The Balaban J connectivity index is 0.00000245. The van der Waals surface area contributed by atoms with E-state index in [0.29, 0.717) is 23.9 Å². The minimum Gasteiger partial charge on any atom is -0.368 e. The summed E-state index contributed by atoms with van der Waals surface area (Å²) in [7, 11) is 2.30. The number of hydrogen-bond donors (Lipinski definition) is 0. The molecule has 4 atom stereocenters. The second-order valence-corrected chi connectivity index (χ2v) is 9.49. The van der Waals surface area contributed by atoms with E-state index in [1.54, 1.807) is 0 Å². The Kier molecular flexibility index (Phi) is 7.58. The molecule has 168 valence electrons. The molecular weight excluding hydrogens is 437 g/mol. The fourth-order valence-corrected chi connectivity index (χ4v) is 5.87. The number of nitrogens with zero attached hydrogens (tertiary/aromatic N) is 1. The van der Waals surface area contributed by atoms with Gasteiger partial charge in [0, 0.05) is 23.0 Å². The Morgan fingerprint density at radius 1 is 0.875 bits per heavy atom. The maximum absolute atomic E-state index is 6.78. The SMILES string of the molecule is CN1C2CCC1[C@@H](COC(c1ccccc1)c1ccccc1)C(c1ccc(Cl)cc1)C2.Cl. The van der Waals surface area contributed by atoms with Crippen LogP contribution >= 0.6 is 24.0 Å². The lowest BCUT2D eigenvalue weighted by Gasteiger charge is -2.43. The maximum atomic E-state index is 6.78. The highest BCUT2D eigenvalue weighted by Crippen LogP contribution is 2.47. The zero-order valence-electron chi connectivity index (χ0n) is 18.4. The predicted octanol–water partition coefficient (Wildman–Crippen LogP) is 7.13. The lowest BCUT2D eigenvalue weighted by atomic mass is 9.76. The zero-order chi connectivity index (χ0) is 21.2. The Morgan fingerprint density at radius 2 is 1.47 bits per heavy atom. The molecule has 0 aliphatic carbocycles. The minimum absolute atomic E-state index is 0. The average molecular weight is 468 g/mol. The van der Waals surface area contributed by atoms with Gasteiger partial charge in [-0.1, -0.05) is 84.4 Å². The molecule has 5 rings (SSSR count). The second kappa shape index (κ2) is 10.4. The fourth-order valence-electron chi connectivity index (χ4n) is 5.75. The molecule has 3 aromatic carbocycles. The lowest BCUT2D eigenvalue weighted by Crippen LogP contribution is -2.47. The second-order valence-electron chi connectivity index (χ2n) is 9.06. The van der Waals surface area contributed by atoms with Gasteiger partial charge in [0.05, 0.1) is 6.61 Å². The van der Waals surface area contributed by atoms with E-state index in [1.807, 2.05) is 12.1 Å². The number of ether oxygens (including phenoxy) is 1. The van der Waals surface area contributed by atoms with Gasteiger partial charge in [0.2, 0.25) is 0 Å². The van der Waals surface area contributed by atoms with Crippen molar-refractivity contribution in [2.75, 3.05) is 13.7 Å². The number of halogens is 2. The van der Waals surface area contributed by atoms with Crippen LogP contribution in [0.15, 0.2) is 84.9 Å². The van der Waals surface area contributed by atoms with E-state index >= 15 is 0 Å². The topological polar surface area (TPSA) is 12.5 Å². The van der Waals surface area contributed by atoms with E-state index < -0.39 is 0 Å². The van der Waals surface area contributed by atoms with Gasteiger partial charge in [-0.05, 0) is 61.1 Å². The molecule has 0 saturated carbocycles. The highest BCUT2D eigenvalue weighted by atomic mass is 35.5. The third-order valence-electron chi connectivity index (χ3n) is 7.39. The molecule has 2 saturated heterocycles. The first-order chi connectivity index (χ1) is 15.2. The van der Waals surface area contributed by atoms with Gasteiger partial charge in [-0.25, -0.2) is 0 Å². The Hall–Kier alpha value is -1.84. The smallest absolute Gasteiger partial charge is 0.108 e. The molecule has 2 aliphatic heterocycles. The largest absolute Gasteiger partial charge is 0.368 e. The number of rotatable bonds is 6. The minimum atomic E-state index is -0.0438. The van der Waals surface area contributed by atoms with Crippen LogP contribution in [0, 0.1) is 5.92 Å². The third kappa shape index (κ3) is 4.75. The molecule has 0 radical (unpaired) electrons. The molecule has 0 spiro atoms. The van der Waals surface area contributed by atoms with E-state index in [2.05, 4.69) is 84.7 Å². The first-order valence-electron chi connectivity index (χ1n) is 11.4. The van der Waals surface area contributed by atoms with Crippen LogP contribution in [0.5, 0.6) is 0 Å².